The molecule has 2 nitrogen and oxygen atoms in total. The summed E-state index contributed by atoms with van der Waals surface area (Å²) in [5, 5.41) is 0. The molecule has 1 aliphatic rings. The molecule has 1 aliphatic carbocycles. The van der Waals surface area contributed by atoms with Crippen LogP contribution in [0.25, 0.3) is 0 Å². The maximum atomic E-state index is 12.2. The summed E-state index contributed by atoms with van der Waals surface area (Å²) in [6, 6.07) is 0. The third-order valence-corrected chi connectivity index (χ3v) is 5.93. The molecule has 0 aromatic rings. The van der Waals surface area contributed by atoms with Crippen molar-refractivity contribution in [3.8, 4) is 0 Å². The van der Waals surface area contributed by atoms with Crippen LogP contribution in [-0.4, -0.2) is 11.6 Å². The summed E-state index contributed by atoms with van der Waals surface area (Å²) in [7, 11) is 0. The van der Waals surface area contributed by atoms with E-state index in [-0.39, 0.29) is 11.6 Å². The molecule has 0 heterocycles. The summed E-state index contributed by atoms with van der Waals surface area (Å²) in [6.07, 6.45) is 12.0. The lowest BCUT2D eigenvalue weighted by Crippen LogP contribution is -2.18. The largest absolute Gasteiger partial charge is 0.289 e. The van der Waals surface area contributed by atoms with E-state index in [1.165, 1.54) is 44.9 Å². The van der Waals surface area contributed by atoms with E-state index in [0.717, 1.165) is 12.8 Å². The predicted molar refractivity (Wildman–Crippen MR) is 99.4 cm³/mol. The molecule has 0 spiro atoms. The topological polar surface area (TPSA) is 34.1 Å². The molecule has 0 saturated carbocycles. The second kappa shape index (κ2) is 10.5. The second-order valence-corrected chi connectivity index (χ2v) is 7.55. The third-order valence-electron chi connectivity index (χ3n) is 4.14. The van der Waals surface area contributed by atoms with Crippen LogP contribution in [0.5, 0.6) is 0 Å². The molecular formula is C18H26Br2O2. The molecule has 0 amide bonds. The van der Waals surface area contributed by atoms with Crippen LogP contribution in [0, 0.1) is 0 Å². The van der Waals surface area contributed by atoms with Crippen LogP contribution < -0.4 is 0 Å². The number of ketones is 2. The number of halogens is 2. The first-order valence-corrected chi connectivity index (χ1v) is 9.93. The van der Waals surface area contributed by atoms with E-state index in [1.807, 2.05) is 0 Å². The molecule has 0 aliphatic heterocycles. The van der Waals surface area contributed by atoms with Gasteiger partial charge in [0.25, 0.3) is 0 Å². The molecule has 0 saturated heterocycles. The number of carbonyl (C=O) groups is 2. The molecule has 0 aromatic carbocycles. The zero-order valence-electron chi connectivity index (χ0n) is 13.6. The van der Waals surface area contributed by atoms with E-state index in [0.29, 0.717) is 26.5 Å². The Morgan fingerprint density at radius 2 is 1.23 bits per heavy atom. The van der Waals surface area contributed by atoms with Crippen molar-refractivity contribution < 1.29 is 9.59 Å². The van der Waals surface area contributed by atoms with Gasteiger partial charge in [0.05, 0.1) is 8.96 Å². The average Bonchev–Trinajstić information content (AvgIpc) is 2.52. The van der Waals surface area contributed by atoms with Gasteiger partial charge < -0.3 is 0 Å². The summed E-state index contributed by atoms with van der Waals surface area (Å²) in [6.45, 7) is 3.94. The van der Waals surface area contributed by atoms with Gasteiger partial charge in [-0.2, -0.15) is 0 Å². The van der Waals surface area contributed by atoms with E-state index in [2.05, 4.69) is 38.8 Å². The fourth-order valence-electron chi connectivity index (χ4n) is 2.67. The minimum Gasteiger partial charge on any atom is -0.289 e. The Morgan fingerprint density at radius 1 is 0.727 bits per heavy atom. The molecule has 0 bridgehead atoms. The molecule has 22 heavy (non-hydrogen) atoms. The van der Waals surface area contributed by atoms with Crippen molar-refractivity contribution in [3.05, 3.63) is 20.1 Å². The van der Waals surface area contributed by atoms with Crippen molar-refractivity contribution >= 4 is 43.4 Å². The Morgan fingerprint density at radius 3 is 1.77 bits per heavy atom. The average molecular weight is 434 g/mol. The van der Waals surface area contributed by atoms with Gasteiger partial charge in [-0.1, -0.05) is 58.3 Å². The lowest BCUT2D eigenvalue weighted by molar-refractivity contribution is -0.115. The predicted octanol–water partition coefficient (Wildman–Crippen LogP) is 6.38. The third kappa shape index (κ3) is 5.77. The quantitative estimate of drug-likeness (QED) is 0.296. The van der Waals surface area contributed by atoms with Crippen molar-refractivity contribution in [2.45, 2.75) is 78.1 Å². The Hall–Kier alpha value is -0.220. The number of hydrogen-bond acceptors (Lipinski definition) is 2. The Balaban J connectivity index is 2.28. The first-order valence-electron chi connectivity index (χ1n) is 8.35. The summed E-state index contributed by atoms with van der Waals surface area (Å²) >= 11 is 6.49. The van der Waals surface area contributed by atoms with Crippen LogP contribution in [0.1, 0.15) is 78.1 Å². The van der Waals surface area contributed by atoms with E-state index < -0.39 is 0 Å². The van der Waals surface area contributed by atoms with Crippen LogP contribution in [0.15, 0.2) is 20.1 Å². The normalized spacial score (nSPS) is 16.0. The molecule has 0 fully saturated rings. The standard InChI is InChI=1S/C18H26Br2O2/c1-3-4-5-6-7-8-9-10-11-12-14-16(20)18(22)15(19)13(2)17(14)21/h3-12H2,1-2H3. The number of rotatable bonds is 10. The maximum Gasteiger partial charge on any atom is 0.207 e. The Labute approximate surface area is 151 Å². The first-order chi connectivity index (χ1) is 10.5. The van der Waals surface area contributed by atoms with Gasteiger partial charge >= 0.3 is 0 Å². The van der Waals surface area contributed by atoms with Crippen molar-refractivity contribution in [3.63, 3.8) is 0 Å². The molecule has 4 heteroatoms. The van der Waals surface area contributed by atoms with E-state index in [4.69, 9.17) is 0 Å². The van der Waals surface area contributed by atoms with Gasteiger partial charge in [0, 0.05) is 11.1 Å². The van der Waals surface area contributed by atoms with E-state index in [9.17, 15) is 9.59 Å². The van der Waals surface area contributed by atoms with Gasteiger partial charge in [-0.15, -0.1) is 0 Å². The number of carbonyl (C=O) groups excluding carboxylic acids is 2. The van der Waals surface area contributed by atoms with Crippen LogP contribution in [0.3, 0.4) is 0 Å². The van der Waals surface area contributed by atoms with Crippen molar-refractivity contribution in [1.29, 1.82) is 0 Å². The fourth-order valence-corrected chi connectivity index (χ4v) is 3.89. The number of Topliss-reactive ketones (excluding diaryl/α,β-unsaturated/α-hetero) is 2. The van der Waals surface area contributed by atoms with Gasteiger partial charge in [-0.3, -0.25) is 9.59 Å². The highest BCUT2D eigenvalue weighted by molar-refractivity contribution is 9.13. The SMILES string of the molecule is CCCCCCCCCCCC1=C(Br)C(=O)C(Br)=C(C)C1=O. The summed E-state index contributed by atoms with van der Waals surface area (Å²) in [5.41, 5.74) is 1.17. The molecule has 124 valence electrons. The summed E-state index contributed by atoms with van der Waals surface area (Å²) in [5.74, 6) is -0.110. The van der Waals surface area contributed by atoms with Gasteiger partial charge in [-0.25, -0.2) is 0 Å². The monoisotopic (exact) mass is 432 g/mol. The van der Waals surface area contributed by atoms with Crippen molar-refractivity contribution in [2.75, 3.05) is 0 Å². The van der Waals surface area contributed by atoms with Crippen molar-refractivity contribution in [2.24, 2.45) is 0 Å². The maximum absolute atomic E-state index is 12.2. The lowest BCUT2D eigenvalue weighted by atomic mass is 9.92. The zero-order valence-corrected chi connectivity index (χ0v) is 16.8. The van der Waals surface area contributed by atoms with E-state index >= 15 is 0 Å². The highest BCUT2D eigenvalue weighted by Gasteiger charge is 2.29. The number of unbranched alkanes of at least 4 members (excludes halogenated alkanes) is 8. The van der Waals surface area contributed by atoms with Crippen molar-refractivity contribution in [1.82, 2.24) is 0 Å². The highest BCUT2D eigenvalue weighted by Crippen LogP contribution is 2.33. The first kappa shape index (κ1) is 19.8. The fraction of sp³-hybridized carbons (Fsp3) is 0.667. The molecule has 0 N–H and O–H groups in total. The molecule has 0 unspecified atom stereocenters. The zero-order chi connectivity index (χ0) is 16.5. The number of allylic oxidation sites excluding steroid dienone is 4. The molecular weight excluding hydrogens is 408 g/mol. The van der Waals surface area contributed by atoms with Crippen LogP contribution in [0.4, 0.5) is 0 Å². The van der Waals surface area contributed by atoms with Crippen LogP contribution >= 0.6 is 31.9 Å². The van der Waals surface area contributed by atoms with Gasteiger partial charge in [0.1, 0.15) is 0 Å². The number of hydrogen-bond donors (Lipinski definition) is 0. The van der Waals surface area contributed by atoms with Crippen LogP contribution in [-0.2, 0) is 9.59 Å². The second-order valence-electron chi connectivity index (χ2n) is 5.97. The minimum absolute atomic E-state index is 0.00193. The summed E-state index contributed by atoms with van der Waals surface area (Å²) < 4.78 is 0.828. The Kier molecular flexibility index (Phi) is 9.49. The molecule has 0 atom stereocenters. The lowest BCUT2D eigenvalue weighted by Gasteiger charge is -2.16. The van der Waals surface area contributed by atoms with Gasteiger partial charge in [-0.05, 0) is 51.6 Å². The van der Waals surface area contributed by atoms with Gasteiger partial charge in [0.2, 0.25) is 5.78 Å². The minimum atomic E-state index is -0.108. The Bertz CT molecular complexity index is 475. The summed E-state index contributed by atoms with van der Waals surface area (Å²) in [4.78, 5) is 24.2. The molecule has 1 rings (SSSR count). The van der Waals surface area contributed by atoms with Gasteiger partial charge in [0.15, 0.2) is 5.78 Å². The van der Waals surface area contributed by atoms with Crippen LogP contribution in [0.2, 0.25) is 0 Å². The molecule has 0 aromatic heterocycles. The molecule has 0 radical (unpaired) electrons. The smallest absolute Gasteiger partial charge is 0.207 e. The van der Waals surface area contributed by atoms with E-state index in [1.54, 1.807) is 6.92 Å². The highest BCUT2D eigenvalue weighted by atomic mass is 79.9.